The maximum absolute atomic E-state index is 11.7. The van der Waals surface area contributed by atoms with Crippen molar-refractivity contribution in [3.63, 3.8) is 0 Å². The van der Waals surface area contributed by atoms with E-state index in [1.807, 2.05) is 13.8 Å². The predicted molar refractivity (Wildman–Crippen MR) is 55.8 cm³/mol. The van der Waals surface area contributed by atoms with E-state index in [9.17, 15) is 4.79 Å². The first-order valence-electron chi connectivity index (χ1n) is 5.69. The molecule has 2 aliphatic heterocycles. The van der Waals surface area contributed by atoms with Crippen LogP contribution in [0.15, 0.2) is 0 Å². The van der Waals surface area contributed by atoms with Crippen molar-refractivity contribution in [3.05, 3.63) is 0 Å². The fraction of sp³-hybridized carbons (Fsp3) is 0.909. The van der Waals surface area contributed by atoms with Crippen LogP contribution in [0.1, 0.15) is 20.3 Å². The summed E-state index contributed by atoms with van der Waals surface area (Å²) in [7, 11) is 0. The van der Waals surface area contributed by atoms with Gasteiger partial charge < -0.3 is 9.47 Å². The molecule has 1 atom stereocenters. The molecule has 2 heterocycles. The number of morpholine rings is 2. The van der Waals surface area contributed by atoms with Gasteiger partial charge >= 0.3 is 0 Å². The number of hydrogen-bond acceptors (Lipinski definition) is 4. The van der Waals surface area contributed by atoms with E-state index in [4.69, 9.17) is 9.47 Å². The van der Waals surface area contributed by atoms with Gasteiger partial charge in [0.15, 0.2) is 0 Å². The topological polar surface area (TPSA) is 38.8 Å². The minimum Gasteiger partial charge on any atom is -0.378 e. The number of rotatable bonds is 3. The first-order chi connectivity index (χ1) is 7.24. The second-order valence-electron chi connectivity index (χ2n) is 4.33. The van der Waals surface area contributed by atoms with Gasteiger partial charge in [-0.05, 0) is 6.92 Å². The van der Waals surface area contributed by atoms with E-state index < -0.39 is 0 Å². The lowest BCUT2D eigenvalue weighted by molar-refractivity contribution is -0.159. The molecule has 4 heteroatoms. The SMILES string of the molecule is CCC(=O)C(C)N1C2COCC1COC2. The fourth-order valence-electron chi connectivity index (χ4n) is 2.51. The molecule has 4 nitrogen and oxygen atoms in total. The number of nitrogens with zero attached hydrogens (tertiary/aromatic N) is 1. The van der Waals surface area contributed by atoms with E-state index >= 15 is 0 Å². The molecule has 0 aromatic carbocycles. The third-order valence-corrected chi connectivity index (χ3v) is 3.35. The number of Topliss-reactive ketones (excluding diaryl/α,β-unsaturated/α-hetero) is 1. The lowest BCUT2D eigenvalue weighted by Crippen LogP contribution is -2.63. The van der Waals surface area contributed by atoms with Gasteiger partial charge in [-0.1, -0.05) is 6.92 Å². The Kier molecular flexibility index (Phi) is 3.38. The highest BCUT2D eigenvalue weighted by Gasteiger charge is 2.39. The Balaban J connectivity index is 2.08. The summed E-state index contributed by atoms with van der Waals surface area (Å²) in [5, 5.41) is 0. The zero-order chi connectivity index (χ0) is 10.8. The second-order valence-corrected chi connectivity index (χ2v) is 4.33. The van der Waals surface area contributed by atoms with Gasteiger partial charge in [-0.3, -0.25) is 9.69 Å². The van der Waals surface area contributed by atoms with Crippen LogP contribution in [-0.4, -0.2) is 55.2 Å². The van der Waals surface area contributed by atoms with E-state index in [0.29, 0.717) is 38.6 Å². The minimum absolute atomic E-state index is 0.0119. The van der Waals surface area contributed by atoms with Crippen LogP contribution in [0.5, 0.6) is 0 Å². The summed E-state index contributed by atoms with van der Waals surface area (Å²) < 4.78 is 11.0. The fourth-order valence-corrected chi connectivity index (χ4v) is 2.51. The number of fused-ring (bicyclic) bond motifs is 2. The highest BCUT2D eigenvalue weighted by Crippen LogP contribution is 2.22. The molecule has 0 aliphatic carbocycles. The Bertz CT molecular complexity index is 222. The molecule has 15 heavy (non-hydrogen) atoms. The monoisotopic (exact) mass is 213 g/mol. The molecule has 0 N–H and O–H groups in total. The van der Waals surface area contributed by atoms with Crippen LogP contribution in [0.2, 0.25) is 0 Å². The van der Waals surface area contributed by atoms with Gasteiger partial charge in [-0.25, -0.2) is 0 Å². The Morgan fingerprint density at radius 3 is 2.13 bits per heavy atom. The van der Waals surface area contributed by atoms with Gasteiger partial charge in [-0.15, -0.1) is 0 Å². The van der Waals surface area contributed by atoms with E-state index in [2.05, 4.69) is 4.90 Å². The Labute approximate surface area is 90.5 Å². The summed E-state index contributed by atoms with van der Waals surface area (Å²) >= 11 is 0. The van der Waals surface area contributed by atoms with Gasteiger partial charge in [-0.2, -0.15) is 0 Å². The number of hydrogen-bond donors (Lipinski definition) is 0. The number of ether oxygens (including phenoxy) is 2. The largest absolute Gasteiger partial charge is 0.378 e. The second kappa shape index (κ2) is 4.60. The Morgan fingerprint density at radius 2 is 1.73 bits per heavy atom. The summed E-state index contributed by atoms with van der Waals surface area (Å²) in [6.07, 6.45) is 0.610. The molecule has 2 bridgehead atoms. The van der Waals surface area contributed by atoms with E-state index in [1.165, 1.54) is 0 Å². The molecule has 2 saturated heterocycles. The highest BCUT2D eigenvalue weighted by atomic mass is 16.5. The average Bonchev–Trinajstić information content (AvgIpc) is 2.26. The summed E-state index contributed by atoms with van der Waals surface area (Å²) in [6.45, 7) is 6.69. The maximum Gasteiger partial charge on any atom is 0.149 e. The van der Waals surface area contributed by atoms with Gasteiger partial charge in [0, 0.05) is 6.42 Å². The smallest absolute Gasteiger partial charge is 0.149 e. The van der Waals surface area contributed by atoms with Crippen LogP contribution in [0.25, 0.3) is 0 Å². The predicted octanol–water partition coefficient (Wildman–Crippen LogP) is 0.454. The summed E-state index contributed by atoms with van der Waals surface area (Å²) in [6, 6.07) is 0.545. The van der Waals surface area contributed by atoms with Crippen molar-refractivity contribution in [2.75, 3.05) is 26.4 Å². The van der Waals surface area contributed by atoms with Gasteiger partial charge in [0.2, 0.25) is 0 Å². The van der Waals surface area contributed by atoms with Crippen molar-refractivity contribution >= 4 is 5.78 Å². The molecular formula is C11H19NO3. The molecule has 0 aromatic rings. The summed E-state index contributed by atoms with van der Waals surface area (Å²) in [4.78, 5) is 14.0. The molecule has 1 unspecified atom stereocenters. The van der Waals surface area contributed by atoms with Crippen LogP contribution < -0.4 is 0 Å². The molecule has 0 amide bonds. The van der Waals surface area contributed by atoms with E-state index in [1.54, 1.807) is 0 Å². The molecule has 2 rings (SSSR count). The van der Waals surface area contributed by atoms with Crippen LogP contribution in [-0.2, 0) is 14.3 Å². The standard InChI is InChI=1S/C11H19NO3/c1-3-11(13)8(2)12-9-4-14-6-10(12)7-15-5-9/h8-10H,3-7H2,1-2H3. The van der Waals surface area contributed by atoms with Crippen LogP contribution in [0, 0.1) is 0 Å². The van der Waals surface area contributed by atoms with Crippen molar-refractivity contribution in [2.45, 2.75) is 38.4 Å². The molecule has 0 radical (unpaired) electrons. The Morgan fingerprint density at radius 1 is 1.27 bits per heavy atom. The third-order valence-electron chi connectivity index (χ3n) is 3.35. The molecule has 0 aromatic heterocycles. The quantitative estimate of drug-likeness (QED) is 0.682. The van der Waals surface area contributed by atoms with E-state index in [-0.39, 0.29) is 18.1 Å². The van der Waals surface area contributed by atoms with Crippen molar-refractivity contribution in [1.29, 1.82) is 0 Å². The maximum atomic E-state index is 11.7. The van der Waals surface area contributed by atoms with Gasteiger partial charge in [0.25, 0.3) is 0 Å². The number of carbonyl (C=O) groups excluding carboxylic acids is 1. The lowest BCUT2D eigenvalue weighted by Gasteiger charge is -2.47. The molecule has 0 spiro atoms. The van der Waals surface area contributed by atoms with Crippen molar-refractivity contribution in [3.8, 4) is 0 Å². The van der Waals surface area contributed by atoms with Gasteiger partial charge in [0.1, 0.15) is 5.78 Å². The average molecular weight is 213 g/mol. The number of ketones is 1. The summed E-state index contributed by atoms with van der Waals surface area (Å²) in [5.74, 6) is 0.314. The van der Waals surface area contributed by atoms with Crippen molar-refractivity contribution in [1.82, 2.24) is 4.90 Å². The number of carbonyl (C=O) groups is 1. The lowest BCUT2D eigenvalue weighted by atomic mass is 10.0. The molecule has 2 aliphatic rings. The van der Waals surface area contributed by atoms with Crippen molar-refractivity contribution in [2.24, 2.45) is 0 Å². The minimum atomic E-state index is 0.0119. The van der Waals surface area contributed by atoms with E-state index in [0.717, 1.165) is 0 Å². The zero-order valence-electron chi connectivity index (χ0n) is 9.44. The normalized spacial score (nSPS) is 33.7. The van der Waals surface area contributed by atoms with Gasteiger partial charge in [0.05, 0.1) is 44.6 Å². The molecular weight excluding hydrogens is 194 g/mol. The summed E-state index contributed by atoms with van der Waals surface area (Å²) in [5.41, 5.74) is 0. The first kappa shape index (κ1) is 11.0. The Hall–Kier alpha value is -0.450. The first-order valence-corrected chi connectivity index (χ1v) is 5.69. The molecule has 0 saturated carbocycles. The van der Waals surface area contributed by atoms with Crippen LogP contribution in [0.3, 0.4) is 0 Å². The highest BCUT2D eigenvalue weighted by molar-refractivity contribution is 5.83. The molecule has 2 fully saturated rings. The molecule has 86 valence electrons. The van der Waals surface area contributed by atoms with Crippen molar-refractivity contribution < 1.29 is 14.3 Å². The van der Waals surface area contributed by atoms with Crippen LogP contribution >= 0.6 is 0 Å². The zero-order valence-corrected chi connectivity index (χ0v) is 9.44. The third kappa shape index (κ3) is 2.07. The van der Waals surface area contributed by atoms with Crippen LogP contribution in [0.4, 0.5) is 0 Å².